The van der Waals surface area contributed by atoms with Gasteiger partial charge in [0.2, 0.25) is 0 Å². The van der Waals surface area contributed by atoms with Gasteiger partial charge in [-0.3, -0.25) is 4.79 Å². The SMILES string of the molecule is COc1ccc2cc(C(O)=CC(C)=O)ccc2c1Br. The summed E-state index contributed by atoms with van der Waals surface area (Å²) in [6.45, 7) is 1.40. The number of hydrogen-bond donors (Lipinski definition) is 1. The highest BCUT2D eigenvalue weighted by Gasteiger charge is 2.07. The molecular formula is C15H13BrO3. The molecule has 2 aromatic carbocycles. The second-order valence-electron chi connectivity index (χ2n) is 4.16. The smallest absolute Gasteiger partial charge is 0.156 e. The van der Waals surface area contributed by atoms with E-state index in [1.807, 2.05) is 24.3 Å². The summed E-state index contributed by atoms with van der Waals surface area (Å²) >= 11 is 3.49. The molecule has 4 heteroatoms. The predicted molar refractivity (Wildman–Crippen MR) is 79.5 cm³/mol. The lowest BCUT2D eigenvalue weighted by atomic mass is 10.0. The molecule has 0 atom stereocenters. The quantitative estimate of drug-likeness (QED) is 0.684. The molecule has 0 aliphatic heterocycles. The number of carbonyl (C=O) groups excluding carboxylic acids is 1. The molecule has 0 unspecified atom stereocenters. The maximum absolute atomic E-state index is 11.0. The van der Waals surface area contributed by atoms with Crippen LogP contribution in [0.2, 0.25) is 0 Å². The van der Waals surface area contributed by atoms with Crippen molar-refractivity contribution in [2.75, 3.05) is 7.11 Å². The van der Waals surface area contributed by atoms with Crippen molar-refractivity contribution in [1.29, 1.82) is 0 Å². The molecule has 0 radical (unpaired) electrons. The molecule has 0 aromatic heterocycles. The van der Waals surface area contributed by atoms with Gasteiger partial charge in [0.25, 0.3) is 0 Å². The van der Waals surface area contributed by atoms with E-state index >= 15 is 0 Å². The fourth-order valence-corrected chi connectivity index (χ4v) is 2.52. The van der Waals surface area contributed by atoms with Gasteiger partial charge in [-0.15, -0.1) is 0 Å². The number of carbonyl (C=O) groups is 1. The molecule has 0 fully saturated rings. The lowest BCUT2D eigenvalue weighted by molar-refractivity contribution is -0.112. The van der Waals surface area contributed by atoms with Gasteiger partial charge in [0.15, 0.2) is 5.78 Å². The van der Waals surface area contributed by atoms with Gasteiger partial charge in [-0.2, -0.15) is 0 Å². The summed E-state index contributed by atoms with van der Waals surface area (Å²) < 4.78 is 6.10. The van der Waals surface area contributed by atoms with E-state index in [0.717, 1.165) is 21.0 Å². The topological polar surface area (TPSA) is 46.5 Å². The first kappa shape index (κ1) is 13.6. The van der Waals surface area contributed by atoms with Gasteiger partial charge < -0.3 is 9.84 Å². The maximum Gasteiger partial charge on any atom is 0.156 e. The zero-order valence-corrected chi connectivity index (χ0v) is 12.2. The van der Waals surface area contributed by atoms with Crippen LogP contribution in [0.15, 0.2) is 40.9 Å². The van der Waals surface area contributed by atoms with Crippen molar-refractivity contribution in [2.45, 2.75) is 6.92 Å². The molecule has 3 nitrogen and oxygen atoms in total. The largest absolute Gasteiger partial charge is 0.507 e. The van der Waals surface area contributed by atoms with E-state index in [4.69, 9.17) is 4.74 Å². The van der Waals surface area contributed by atoms with Gasteiger partial charge in [-0.1, -0.05) is 18.2 Å². The number of halogens is 1. The van der Waals surface area contributed by atoms with Crippen LogP contribution in [0, 0.1) is 0 Å². The Balaban J connectivity index is 2.57. The standard InChI is InChI=1S/C15H13BrO3/c1-9(17)7-13(18)11-3-5-12-10(8-11)4-6-14(19-2)15(12)16/h3-8,18H,1-2H3. The zero-order chi connectivity index (χ0) is 14.0. The summed E-state index contributed by atoms with van der Waals surface area (Å²) in [5.41, 5.74) is 0.611. The molecule has 98 valence electrons. The predicted octanol–water partition coefficient (Wildman–Crippen LogP) is 4.10. The normalized spacial score (nSPS) is 11.6. The van der Waals surface area contributed by atoms with Crippen LogP contribution in [0.1, 0.15) is 12.5 Å². The van der Waals surface area contributed by atoms with Crippen molar-refractivity contribution < 1.29 is 14.6 Å². The molecule has 1 N–H and O–H groups in total. The molecule has 0 saturated carbocycles. The summed E-state index contributed by atoms with van der Waals surface area (Å²) in [4.78, 5) is 11.0. The van der Waals surface area contributed by atoms with Gasteiger partial charge in [-0.05, 0) is 45.8 Å². The Hall–Kier alpha value is -1.81. The fourth-order valence-electron chi connectivity index (χ4n) is 1.86. The minimum absolute atomic E-state index is 0.0265. The average Bonchev–Trinajstić information content (AvgIpc) is 2.38. The maximum atomic E-state index is 11.0. The Morgan fingerprint density at radius 3 is 2.68 bits per heavy atom. The number of allylic oxidation sites excluding steroid dienone is 1. The fraction of sp³-hybridized carbons (Fsp3) is 0.133. The second kappa shape index (κ2) is 5.45. The van der Waals surface area contributed by atoms with E-state index in [9.17, 15) is 9.90 Å². The van der Waals surface area contributed by atoms with E-state index in [-0.39, 0.29) is 11.5 Å². The highest BCUT2D eigenvalue weighted by atomic mass is 79.9. The van der Waals surface area contributed by atoms with Crippen LogP contribution in [0.5, 0.6) is 5.75 Å². The molecule has 0 bridgehead atoms. The third-order valence-corrected chi connectivity index (χ3v) is 3.59. The van der Waals surface area contributed by atoms with Crippen molar-refractivity contribution in [3.8, 4) is 5.75 Å². The minimum atomic E-state index is -0.187. The van der Waals surface area contributed by atoms with E-state index in [2.05, 4.69) is 15.9 Å². The van der Waals surface area contributed by atoms with E-state index in [0.29, 0.717) is 5.56 Å². The lowest BCUT2D eigenvalue weighted by Crippen LogP contribution is -1.90. The number of ketones is 1. The number of hydrogen-bond acceptors (Lipinski definition) is 3. The molecule has 0 heterocycles. The summed E-state index contributed by atoms with van der Waals surface area (Å²) in [6, 6.07) is 9.22. The van der Waals surface area contributed by atoms with Gasteiger partial charge in [0, 0.05) is 11.6 Å². The van der Waals surface area contributed by atoms with E-state index < -0.39 is 0 Å². The molecular weight excluding hydrogens is 308 g/mol. The van der Waals surface area contributed by atoms with Crippen LogP contribution in [0.25, 0.3) is 16.5 Å². The molecule has 2 aromatic rings. The van der Waals surface area contributed by atoms with Crippen molar-refractivity contribution in [3.63, 3.8) is 0 Å². The van der Waals surface area contributed by atoms with Crippen LogP contribution < -0.4 is 4.74 Å². The van der Waals surface area contributed by atoms with Gasteiger partial charge in [0.1, 0.15) is 11.5 Å². The summed E-state index contributed by atoms with van der Waals surface area (Å²) in [5, 5.41) is 11.8. The first-order valence-corrected chi connectivity index (χ1v) is 6.50. The zero-order valence-electron chi connectivity index (χ0n) is 10.6. The molecule has 0 spiro atoms. The van der Waals surface area contributed by atoms with Gasteiger partial charge >= 0.3 is 0 Å². The summed E-state index contributed by atoms with van der Waals surface area (Å²) in [7, 11) is 1.61. The van der Waals surface area contributed by atoms with Crippen molar-refractivity contribution >= 4 is 38.2 Å². The van der Waals surface area contributed by atoms with Crippen LogP contribution >= 0.6 is 15.9 Å². The molecule has 0 aliphatic carbocycles. The van der Waals surface area contributed by atoms with Crippen molar-refractivity contribution in [2.24, 2.45) is 0 Å². The highest BCUT2D eigenvalue weighted by Crippen LogP contribution is 2.34. The van der Waals surface area contributed by atoms with Crippen molar-refractivity contribution in [1.82, 2.24) is 0 Å². The number of aliphatic hydroxyl groups is 1. The molecule has 0 aliphatic rings. The Kier molecular flexibility index (Phi) is 3.90. The molecule has 0 amide bonds. The number of methoxy groups -OCH3 is 1. The molecule has 2 rings (SSSR count). The summed E-state index contributed by atoms with van der Waals surface area (Å²) in [6.07, 6.45) is 1.21. The average molecular weight is 321 g/mol. The van der Waals surface area contributed by atoms with E-state index in [1.54, 1.807) is 13.2 Å². The monoisotopic (exact) mass is 320 g/mol. The number of benzene rings is 2. The first-order chi connectivity index (χ1) is 9.02. The molecule has 19 heavy (non-hydrogen) atoms. The summed E-state index contributed by atoms with van der Waals surface area (Å²) in [5.74, 6) is 0.540. The third-order valence-electron chi connectivity index (χ3n) is 2.77. The lowest BCUT2D eigenvalue weighted by Gasteiger charge is -2.08. The van der Waals surface area contributed by atoms with Gasteiger partial charge in [0.05, 0.1) is 11.6 Å². The van der Waals surface area contributed by atoms with Crippen LogP contribution in [-0.4, -0.2) is 18.0 Å². The van der Waals surface area contributed by atoms with Gasteiger partial charge in [-0.25, -0.2) is 0 Å². The van der Waals surface area contributed by atoms with E-state index in [1.165, 1.54) is 13.0 Å². The number of rotatable bonds is 3. The Morgan fingerprint density at radius 2 is 2.05 bits per heavy atom. The highest BCUT2D eigenvalue weighted by molar-refractivity contribution is 9.10. The minimum Gasteiger partial charge on any atom is -0.507 e. The second-order valence-corrected chi connectivity index (χ2v) is 4.95. The first-order valence-electron chi connectivity index (χ1n) is 5.71. The molecule has 0 saturated heterocycles. The Labute approximate surface area is 119 Å². The Bertz CT molecular complexity index is 674. The number of aliphatic hydroxyl groups excluding tert-OH is 1. The Morgan fingerprint density at radius 1 is 1.32 bits per heavy atom. The van der Waals surface area contributed by atoms with Crippen LogP contribution in [0.3, 0.4) is 0 Å². The number of ether oxygens (including phenoxy) is 1. The number of fused-ring (bicyclic) bond motifs is 1. The van der Waals surface area contributed by atoms with Crippen molar-refractivity contribution in [3.05, 3.63) is 46.4 Å². The van der Waals surface area contributed by atoms with Crippen LogP contribution in [0.4, 0.5) is 0 Å². The van der Waals surface area contributed by atoms with Crippen LogP contribution in [-0.2, 0) is 4.79 Å². The third kappa shape index (κ3) is 2.79.